The molecule has 0 unspecified atom stereocenters. The Labute approximate surface area is 108 Å². The number of rotatable bonds is 5. The van der Waals surface area contributed by atoms with Crippen LogP contribution in [0.1, 0.15) is 19.3 Å². The van der Waals surface area contributed by atoms with Gasteiger partial charge in [-0.15, -0.1) is 0 Å². The molecule has 0 spiro atoms. The maximum absolute atomic E-state index is 13.5. The van der Waals surface area contributed by atoms with Gasteiger partial charge in [-0.1, -0.05) is 0 Å². The number of carbonyl (C=O) groups excluding carboxylic acids is 1. The Balaban J connectivity index is 2.22. The fourth-order valence-electron chi connectivity index (χ4n) is 1.97. The maximum atomic E-state index is 13.5. The highest BCUT2D eigenvalue weighted by Gasteiger charge is 2.13. The third-order valence-electron chi connectivity index (χ3n) is 2.86. The molecule has 0 atom stereocenters. The van der Waals surface area contributed by atoms with E-state index in [1.807, 2.05) is 0 Å². The number of primary amides is 1. The molecule has 0 aliphatic rings. The average Bonchev–Trinajstić information content (AvgIpc) is 2.62. The van der Waals surface area contributed by atoms with Gasteiger partial charge in [0.1, 0.15) is 11.3 Å². The van der Waals surface area contributed by atoms with E-state index in [0.717, 1.165) is 6.07 Å². The summed E-state index contributed by atoms with van der Waals surface area (Å²) in [6.45, 7) is 0.429. The Hall–Kier alpha value is -2.18. The van der Waals surface area contributed by atoms with Crippen molar-refractivity contribution in [2.24, 2.45) is 5.73 Å². The zero-order chi connectivity index (χ0) is 14.0. The number of carbonyl (C=O) groups is 1. The Kier molecular flexibility index (Phi) is 3.64. The molecule has 0 aliphatic carbocycles. The summed E-state index contributed by atoms with van der Waals surface area (Å²) >= 11 is 0. The van der Waals surface area contributed by atoms with Gasteiger partial charge in [0, 0.05) is 25.1 Å². The fourth-order valence-corrected chi connectivity index (χ4v) is 1.97. The van der Waals surface area contributed by atoms with E-state index in [4.69, 9.17) is 11.5 Å². The van der Waals surface area contributed by atoms with Crippen molar-refractivity contribution in [1.82, 2.24) is 9.55 Å². The van der Waals surface area contributed by atoms with Gasteiger partial charge < -0.3 is 16.0 Å². The van der Waals surface area contributed by atoms with Gasteiger partial charge in [-0.25, -0.2) is 13.8 Å². The van der Waals surface area contributed by atoms with Crippen LogP contribution in [0.3, 0.4) is 0 Å². The van der Waals surface area contributed by atoms with Crippen molar-refractivity contribution in [2.75, 3.05) is 5.73 Å². The molecule has 1 aromatic heterocycles. The molecule has 5 nitrogen and oxygen atoms in total. The summed E-state index contributed by atoms with van der Waals surface area (Å²) in [5, 5.41) is 0. The van der Waals surface area contributed by atoms with Gasteiger partial charge in [0.2, 0.25) is 11.9 Å². The SMILES string of the molecule is NC(=O)CCCCn1c(N)nc2c(F)cc(F)cc21. The van der Waals surface area contributed by atoms with Gasteiger partial charge >= 0.3 is 0 Å². The molecule has 7 heteroatoms. The number of fused-ring (bicyclic) bond motifs is 1. The summed E-state index contributed by atoms with van der Waals surface area (Å²) in [4.78, 5) is 14.5. The highest BCUT2D eigenvalue weighted by Crippen LogP contribution is 2.22. The topological polar surface area (TPSA) is 86.9 Å². The van der Waals surface area contributed by atoms with Gasteiger partial charge in [0.15, 0.2) is 5.82 Å². The van der Waals surface area contributed by atoms with Crippen molar-refractivity contribution in [1.29, 1.82) is 0 Å². The first kappa shape index (κ1) is 13.3. The fraction of sp³-hybridized carbons (Fsp3) is 0.333. The highest BCUT2D eigenvalue weighted by molar-refractivity contribution is 5.79. The minimum atomic E-state index is -0.738. The molecule has 1 amide bonds. The average molecular weight is 268 g/mol. The number of hydrogen-bond donors (Lipinski definition) is 2. The number of hydrogen-bond acceptors (Lipinski definition) is 3. The predicted octanol–water partition coefficient (Wildman–Crippen LogP) is 1.55. The number of amides is 1. The lowest BCUT2D eigenvalue weighted by atomic mass is 10.2. The number of nitrogens with zero attached hydrogens (tertiary/aromatic N) is 2. The molecule has 0 fully saturated rings. The Morgan fingerprint density at radius 3 is 2.74 bits per heavy atom. The summed E-state index contributed by atoms with van der Waals surface area (Å²) in [5.74, 6) is -1.67. The summed E-state index contributed by atoms with van der Waals surface area (Å²) in [6.07, 6.45) is 1.48. The van der Waals surface area contributed by atoms with Crippen molar-refractivity contribution in [3.05, 3.63) is 23.8 Å². The Morgan fingerprint density at radius 1 is 1.32 bits per heavy atom. The minimum absolute atomic E-state index is 0.0498. The van der Waals surface area contributed by atoms with Crippen molar-refractivity contribution < 1.29 is 13.6 Å². The zero-order valence-corrected chi connectivity index (χ0v) is 10.2. The van der Waals surface area contributed by atoms with Crippen LogP contribution in [0.5, 0.6) is 0 Å². The monoisotopic (exact) mass is 268 g/mol. The molecular formula is C12H14F2N4O. The van der Waals surface area contributed by atoms with Crippen molar-refractivity contribution in [3.63, 3.8) is 0 Å². The smallest absolute Gasteiger partial charge is 0.217 e. The molecule has 0 saturated carbocycles. The molecule has 0 saturated heterocycles. The Morgan fingerprint density at radius 2 is 2.05 bits per heavy atom. The van der Waals surface area contributed by atoms with E-state index in [1.165, 1.54) is 10.6 Å². The first-order valence-electron chi connectivity index (χ1n) is 5.88. The van der Waals surface area contributed by atoms with Crippen LogP contribution in [-0.4, -0.2) is 15.5 Å². The van der Waals surface area contributed by atoms with E-state index in [9.17, 15) is 13.6 Å². The number of unbranched alkanes of at least 4 members (excludes halogenated alkanes) is 1. The lowest BCUT2D eigenvalue weighted by molar-refractivity contribution is -0.118. The van der Waals surface area contributed by atoms with Gasteiger partial charge in [-0.2, -0.15) is 0 Å². The maximum Gasteiger partial charge on any atom is 0.217 e. The number of halogens is 2. The van der Waals surface area contributed by atoms with E-state index < -0.39 is 11.6 Å². The molecule has 0 bridgehead atoms. The number of imidazole rings is 1. The van der Waals surface area contributed by atoms with Crippen LogP contribution >= 0.6 is 0 Å². The van der Waals surface area contributed by atoms with E-state index in [0.29, 0.717) is 24.9 Å². The normalized spacial score (nSPS) is 11.1. The van der Waals surface area contributed by atoms with Gasteiger partial charge in [-0.3, -0.25) is 4.79 Å². The third kappa shape index (κ3) is 2.81. The summed E-state index contributed by atoms with van der Waals surface area (Å²) < 4.78 is 28.2. The molecule has 102 valence electrons. The van der Waals surface area contributed by atoms with Crippen LogP contribution in [0.2, 0.25) is 0 Å². The molecule has 0 aliphatic heterocycles. The van der Waals surface area contributed by atoms with E-state index in [2.05, 4.69) is 4.98 Å². The molecule has 1 aromatic carbocycles. The number of aromatic nitrogens is 2. The minimum Gasteiger partial charge on any atom is -0.370 e. The predicted molar refractivity (Wildman–Crippen MR) is 67.1 cm³/mol. The van der Waals surface area contributed by atoms with Gasteiger partial charge in [0.05, 0.1) is 5.52 Å². The molecule has 1 heterocycles. The van der Waals surface area contributed by atoms with Crippen LogP contribution < -0.4 is 11.5 Å². The second kappa shape index (κ2) is 5.21. The van der Waals surface area contributed by atoms with E-state index in [-0.39, 0.29) is 23.8 Å². The molecule has 4 N–H and O–H groups in total. The number of nitrogen functional groups attached to an aromatic ring is 1. The molecular weight excluding hydrogens is 254 g/mol. The molecule has 0 radical (unpaired) electrons. The van der Waals surface area contributed by atoms with Crippen LogP contribution in [0.4, 0.5) is 14.7 Å². The number of anilines is 1. The second-order valence-electron chi connectivity index (χ2n) is 4.30. The first-order valence-corrected chi connectivity index (χ1v) is 5.88. The van der Waals surface area contributed by atoms with Gasteiger partial charge in [0.25, 0.3) is 0 Å². The first-order chi connectivity index (χ1) is 8.99. The van der Waals surface area contributed by atoms with Gasteiger partial charge in [-0.05, 0) is 12.8 Å². The molecule has 19 heavy (non-hydrogen) atoms. The van der Waals surface area contributed by atoms with Crippen LogP contribution in [0.15, 0.2) is 12.1 Å². The zero-order valence-electron chi connectivity index (χ0n) is 10.2. The highest BCUT2D eigenvalue weighted by atomic mass is 19.1. The molecule has 2 rings (SSSR count). The van der Waals surface area contributed by atoms with Crippen LogP contribution in [-0.2, 0) is 11.3 Å². The van der Waals surface area contributed by atoms with E-state index >= 15 is 0 Å². The summed E-state index contributed by atoms with van der Waals surface area (Å²) in [5.41, 5.74) is 11.1. The second-order valence-corrected chi connectivity index (χ2v) is 4.30. The van der Waals surface area contributed by atoms with Crippen LogP contribution in [0.25, 0.3) is 11.0 Å². The number of benzene rings is 1. The van der Waals surface area contributed by atoms with Crippen LogP contribution in [0, 0.1) is 11.6 Å². The van der Waals surface area contributed by atoms with Crippen molar-refractivity contribution in [3.8, 4) is 0 Å². The van der Waals surface area contributed by atoms with Crippen molar-refractivity contribution in [2.45, 2.75) is 25.8 Å². The summed E-state index contributed by atoms with van der Waals surface area (Å²) in [6, 6.07) is 1.96. The van der Waals surface area contributed by atoms with E-state index in [1.54, 1.807) is 0 Å². The summed E-state index contributed by atoms with van der Waals surface area (Å²) in [7, 11) is 0. The lowest BCUT2D eigenvalue weighted by Crippen LogP contribution is -2.10. The Bertz CT molecular complexity index is 624. The lowest BCUT2D eigenvalue weighted by Gasteiger charge is -2.05. The number of aryl methyl sites for hydroxylation is 1. The number of nitrogens with two attached hydrogens (primary N) is 2. The standard InChI is InChI=1S/C12H14F2N4O/c13-7-5-8(14)11-9(6-7)18(12(16)17-11)4-2-1-3-10(15)19/h5-6H,1-4H2,(H2,15,19)(H2,16,17). The quantitative estimate of drug-likeness (QED) is 0.806. The molecule has 2 aromatic rings. The largest absolute Gasteiger partial charge is 0.370 e. The van der Waals surface area contributed by atoms with Crippen molar-refractivity contribution >= 4 is 22.9 Å². The third-order valence-corrected chi connectivity index (χ3v) is 2.86.